The highest BCUT2D eigenvalue weighted by molar-refractivity contribution is 5.95. The second kappa shape index (κ2) is 35.9. The van der Waals surface area contributed by atoms with Crippen molar-refractivity contribution in [3.8, 4) is 0 Å². The number of ether oxygens (including phenoxy) is 1. The van der Waals surface area contributed by atoms with Gasteiger partial charge in [-0.15, -0.1) is 0 Å². The fraction of sp³-hybridized carbons (Fsp3) is 0.756. The molecule has 0 aromatic rings. The number of carboxylic acids is 2. The molecule has 15 N–H and O–H groups in total. The Morgan fingerprint density at radius 3 is 1.77 bits per heavy atom. The number of amides is 7. The molecule has 0 aromatic heterocycles. The Morgan fingerprint density at radius 2 is 1.24 bits per heavy atom. The summed E-state index contributed by atoms with van der Waals surface area (Å²) >= 11 is 0. The van der Waals surface area contributed by atoms with Crippen LogP contribution in [0.15, 0.2) is 4.99 Å². The van der Waals surface area contributed by atoms with Crippen LogP contribution in [0.4, 0.5) is 0 Å². The highest BCUT2D eigenvalue weighted by Crippen LogP contribution is 2.12. The normalized spacial score (nSPS) is 15.2. The summed E-state index contributed by atoms with van der Waals surface area (Å²) in [6, 6.07) is -7.33. The molecule has 6 atom stereocenters. The van der Waals surface area contributed by atoms with E-state index in [1.165, 1.54) is 65.7 Å². The van der Waals surface area contributed by atoms with E-state index in [4.69, 9.17) is 16.2 Å². The van der Waals surface area contributed by atoms with Gasteiger partial charge in [-0.2, -0.15) is 0 Å². The summed E-state index contributed by atoms with van der Waals surface area (Å²) in [5, 5.41) is 35.9. The van der Waals surface area contributed by atoms with Crippen LogP contribution in [0.3, 0.4) is 0 Å². The summed E-state index contributed by atoms with van der Waals surface area (Å²) in [5.41, 5.74) is 15.6. The van der Waals surface area contributed by atoms with E-state index in [-0.39, 0.29) is 37.9 Å². The van der Waals surface area contributed by atoms with Crippen molar-refractivity contribution in [2.24, 2.45) is 22.4 Å². The minimum absolute atomic E-state index is 0.0143. The van der Waals surface area contributed by atoms with Crippen LogP contribution in [0.5, 0.6) is 0 Å². The van der Waals surface area contributed by atoms with E-state index in [1.807, 2.05) is 0 Å². The van der Waals surface area contributed by atoms with Crippen molar-refractivity contribution in [1.82, 2.24) is 48.1 Å². The zero-order valence-electron chi connectivity index (χ0n) is 41.3. The summed E-state index contributed by atoms with van der Waals surface area (Å²) in [5.74, 6) is -10.3. The Bertz CT molecular complexity index is 1720. The molecule has 0 bridgehead atoms. The molecule has 1 aliphatic rings. The number of unbranched alkanes of at least 4 members (excludes halogenated alkanes) is 11. The first-order chi connectivity index (χ1) is 33.2. The number of carbonyl (C=O) groups is 10. The van der Waals surface area contributed by atoms with Gasteiger partial charge in [0.05, 0.1) is 38.6 Å². The van der Waals surface area contributed by atoms with Crippen LogP contribution >= 0.6 is 0 Å². The number of guanidine groups is 1. The fourth-order valence-electron chi connectivity index (χ4n) is 7.13. The molecule has 0 unspecified atom stereocenters. The van der Waals surface area contributed by atoms with Crippen LogP contribution in [0, 0.1) is 5.92 Å². The molecule has 25 heteroatoms. The van der Waals surface area contributed by atoms with E-state index in [2.05, 4.69) is 60.0 Å². The largest absolute Gasteiger partial charge is 0.481 e. The number of nitrogens with zero attached hydrogens (tertiary/aromatic N) is 1. The third-order valence-electron chi connectivity index (χ3n) is 11.1. The van der Waals surface area contributed by atoms with Crippen LogP contribution in [0.2, 0.25) is 0 Å². The van der Waals surface area contributed by atoms with Crippen LogP contribution in [-0.4, -0.2) is 144 Å². The van der Waals surface area contributed by atoms with Gasteiger partial charge in [-0.25, -0.2) is 15.0 Å². The summed E-state index contributed by atoms with van der Waals surface area (Å²) in [7, 11) is 0. The third kappa shape index (κ3) is 28.4. The zero-order chi connectivity index (χ0) is 52.4. The molecule has 1 rings (SSSR count). The van der Waals surface area contributed by atoms with Gasteiger partial charge in [-0.3, -0.25) is 48.8 Å². The maximum Gasteiger partial charge on any atom is 0.329 e. The van der Waals surface area contributed by atoms with E-state index in [0.29, 0.717) is 19.4 Å². The van der Waals surface area contributed by atoms with Crippen molar-refractivity contribution >= 4 is 65.2 Å². The lowest BCUT2D eigenvalue weighted by molar-refractivity contribution is -0.149. The van der Waals surface area contributed by atoms with Crippen molar-refractivity contribution in [3.05, 3.63) is 0 Å². The summed E-state index contributed by atoms with van der Waals surface area (Å²) < 4.78 is 5.45. The zero-order valence-corrected chi connectivity index (χ0v) is 41.3. The first-order valence-corrected chi connectivity index (χ1v) is 24.4. The quantitative estimate of drug-likeness (QED) is 0.0114. The number of carboxylic acid groups (broad SMARTS) is 2. The molecule has 7 amide bonds. The predicted molar refractivity (Wildman–Crippen MR) is 257 cm³/mol. The Morgan fingerprint density at radius 1 is 0.671 bits per heavy atom. The molecule has 1 aliphatic heterocycles. The van der Waals surface area contributed by atoms with Crippen LogP contribution in [0.25, 0.3) is 0 Å². The third-order valence-corrected chi connectivity index (χ3v) is 11.1. The molecule has 25 nitrogen and oxygen atoms in total. The molecule has 0 saturated carbocycles. The van der Waals surface area contributed by atoms with E-state index in [9.17, 15) is 58.2 Å². The average molecular weight is 997 g/mol. The van der Waals surface area contributed by atoms with Crippen molar-refractivity contribution in [2.75, 3.05) is 32.8 Å². The van der Waals surface area contributed by atoms with E-state index in [0.717, 1.165) is 32.1 Å². The lowest BCUT2D eigenvalue weighted by Gasteiger charge is -2.23. The standard InChI is InChI=1S/C45H80N12O13/c1-5-6-7-8-9-10-11-12-13-14-15-16-23-70-44(69)33(54-36(60)26-50-39(63)29(4)52-41(65)30-19-17-21-48-30)24-34(58)57-56-31(20-18-22-49-45(46)47)40(64)51-27-35(59)53-32(25-37(61)62)42(66)55-38(28(2)3)43(67)68/h28-33,38,48,56H,5-27H2,1-4H3,(H,50,63)(H,51,64)(H,52,65)(H,53,59)(H,54,60)(H,55,66)(H,57,58)(H,61,62)(H,67,68)(H4,46,47,49)/t29-,30-,31-,32-,33-,38-/m0/s1. The summed E-state index contributed by atoms with van der Waals surface area (Å²) in [6.45, 7) is 6.02. The number of aliphatic imine (C=N–C) groups is 1. The van der Waals surface area contributed by atoms with Gasteiger partial charge in [0.15, 0.2) is 5.96 Å². The average Bonchev–Trinajstić information content (AvgIpc) is 3.85. The number of hydrazine groups is 1. The number of hydrogen-bond acceptors (Lipinski definition) is 14. The van der Waals surface area contributed by atoms with Crippen molar-refractivity contribution < 1.29 is 62.9 Å². The van der Waals surface area contributed by atoms with Gasteiger partial charge in [-0.05, 0) is 51.5 Å². The maximum absolute atomic E-state index is 13.3. The maximum atomic E-state index is 13.3. The Labute approximate surface area is 410 Å². The lowest BCUT2D eigenvalue weighted by atomic mass is 10.0. The van der Waals surface area contributed by atoms with Gasteiger partial charge >= 0.3 is 17.9 Å². The molecule has 1 saturated heterocycles. The van der Waals surface area contributed by atoms with E-state index in [1.54, 1.807) is 0 Å². The number of nitrogens with two attached hydrogens (primary N) is 2. The molecule has 1 fully saturated rings. The lowest BCUT2D eigenvalue weighted by Crippen LogP contribution is -2.56. The highest BCUT2D eigenvalue weighted by atomic mass is 16.5. The molecular formula is C45H80N12O13. The molecule has 1 heterocycles. The Kier molecular flexibility index (Phi) is 31.8. The molecule has 0 radical (unpaired) electrons. The first-order valence-electron chi connectivity index (χ1n) is 24.4. The Hall–Kier alpha value is -6.11. The molecule has 0 aliphatic carbocycles. The Balaban J connectivity index is 2.98. The minimum Gasteiger partial charge on any atom is -0.481 e. The van der Waals surface area contributed by atoms with E-state index < -0.39 is 121 Å². The summed E-state index contributed by atoms with van der Waals surface area (Å²) in [4.78, 5) is 131. The topological polar surface area (TPSA) is 393 Å². The number of esters is 1. The number of rotatable bonds is 38. The molecule has 0 aromatic carbocycles. The molecule has 0 spiro atoms. The smallest absolute Gasteiger partial charge is 0.329 e. The predicted octanol–water partition coefficient (Wildman–Crippen LogP) is -1.18. The van der Waals surface area contributed by atoms with Crippen molar-refractivity contribution in [2.45, 2.75) is 180 Å². The fourth-order valence-corrected chi connectivity index (χ4v) is 7.13. The monoisotopic (exact) mass is 997 g/mol. The van der Waals surface area contributed by atoms with Gasteiger partial charge in [0, 0.05) is 6.54 Å². The van der Waals surface area contributed by atoms with Gasteiger partial charge in [0.1, 0.15) is 30.2 Å². The van der Waals surface area contributed by atoms with Crippen molar-refractivity contribution in [1.29, 1.82) is 0 Å². The van der Waals surface area contributed by atoms with Gasteiger partial charge in [0.25, 0.3) is 0 Å². The van der Waals surface area contributed by atoms with Gasteiger partial charge in [0.2, 0.25) is 41.4 Å². The molecular weight excluding hydrogens is 917 g/mol. The second-order valence-corrected chi connectivity index (χ2v) is 17.7. The van der Waals surface area contributed by atoms with Crippen molar-refractivity contribution in [3.63, 3.8) is 0 Å². The van der Waals surface area contributed by atoms with Crippen LogP contribution < -0.4 is 59.5 Å². The number of hydrogen-bond donors (Lipinski definition) is 13. The van der Waals surface area contributed by atoms with Gasteiger partial charge in [-0.1, -0.05) is 91.4 Å². The molecule has 398 valence electrons. The van der Waals surface area contributed by atoms with E-state index >= 15 is 0 Å². The molecule has 70 heavy (non-hydrogen) atoms. The van der Waals surface area contributed by atoms with Crippen LogP contribution in [-0.2, 0) is 52.7 Å². The first kappa shape index (κ1) is 61.9. The van der Waals surface area contributed by atoms with Crippen LogP contribution in [0.1, 0.15) is 143 Å². The summed E-state index contributed by atoms with van der Waals surface area (Å²) in [6.07, 6.45) is 13.0. The second-order valence-electron chi connectivity index (χ2n) is 17.7. The number of aliphatic carboxylic acids is 2. The number of nitrogens with one attached hydrogen (secondary N) is 9. The van der Waals surface area contributed by atoms with Gasteiger partial charge < -0.3 is 63.6 Å². The number of carbonyl (C=O) groups excluding carboxylic acids is 8. The minimum atomic E-state index is -1.70. The highest BCUT2D eigenvalue weighted by Gasteiger charge is 2.31. The SMILES string of the molecule is CCCCCCCCCCCCCCOC(=O)[C@H](CC(=O)NN[C@@H](CCCN=C(N)N)C(=O)NCC(=O)N[C@@H](CC(=O)O)C(=O)N[C@H](C(=O)O)C(C)C)NC(=O)CNC(=O)[C@H](C)NC(=O)[C@@H]1CCCN1.